The molecule has 0 amide bonds. The van der Waals surface area contributed by atoms with Crippen LogP contribution in [0.15, 0.2) is 0 Å². The van der Waals surface area contributed by atoms with Gasteiger partial charge in [-0.2, -0.15) is 0 Å². The van der Waals surface area contributed by atoms with E-state index in [2.05, 4.69) is 0 Å². The maximum Gasteiger partial charge on any atom is 2.00 e. The first-order valence-electron chi connectivity index (χ1n) is 1.95. The molecule has 0 aromatic rings. The zero-order valence-electron chi connectivity index (χ0n) is 10.9. The van der Waals surface area contributed by atoms with Gasteiger partial charge in [-0.25, -0.2) is 0 Å². The van der Waals surface area contributed by atoms with Crippen LogP contribution in [0.2, 0.25) is 0 Å². The SMILES string of the molecule is O=[Si](O)O.O=[Si](O)O.O=[Si](O)O.[Ca+2].[Ca+2].[Ca+2].[Ca+2].[Ca+2].[Ca+2].[O-2].[O-2].[O-2]. The van der Waals surface area contributed by atoms with E-state index in [9.17, 15) is 0 Å². The quantitative estimate of drug-likeness (QED) is 0.165. The topological polar surface area (TPSA) is 258 Å². The third-order valence-corrected chi connectivity index (χ3v) is 0. The predicted octanol–water partition coefficient (Wildman–Crippen LogP) is -7.48. The minimum absolute atomic E-state index is 0. The summed E-state index contributed by atoms with van der Waals surface area (Å²) >= 11 is 0. The monoisotopic (exact) mass is 522 g/mol. The van der Waals surface area contributed by atoms with Crippen molar-refractivity contribution < 1.29 is 58.6 Å². The molecule has 0 bridgehead atoms. The molecular weight excluding hydrogens is 517 g/mol. The molecule has 0 saturated carbocycles. The minimum Gasteiger partial charge on any atom is -2.00 e. The van der Waals surface area contributed by atoms with E-state index in [0.717, 1.165) is 0 Å². The Morgan fingerprint density at radius 1 is 0.381 bits per heavy atom. The van der Waals surface area contributed by atoms with E-state index >= 15 is 0 Å². The fourth-order valence-corrected chi connectivity index (χ4v) is 0. The fourth-order valence-electron chi connectivity index (χ4n) is 0. The molecule has 0 atom stereocenters. The van der Waals surface area contributed by atoms with Gasteiger partial charge in [-0.3, -0.25) is 13.4 Å². The molecule has 0 aliphatic rings. The molecule has 21 heavy (non-hydrogen) atoms. The minimum atomic E-state index is -3.13. The van der Waals surface area contributed by atoms with E-state index in [0.29, 0.717) is 0 Å². The van der Waals surface area contributed by atoms with Crippen LogP contribution in [0, 0.1) is 0 Å². The van der Waals surface area contributed by atoms with Crippen molar-refractivity contribution in [3.8, 4) is 0 Å². The molecule has 96 valence electrons. The normalized spacial score (nSPS) is 3.43. The number of hydrogen-bond donors (Lipinski definition) is 6. The Hall–Kier alpha value is 6.29. The molecule has 0 rings (SSSR count). The van der Waals surface area contributed by atoms with Gasteiger partial charge in [0.25, 0.3) is 0 Å². The van der Waals surface area contributed by atoms with Crippen LogP contribution >= 0.6 is 0 Å². The average Bonchev–Trinajstić information content (AvgIpc) is 1.54. The molecule has 21 heteroatoms. The summed E-state index contributed by atoms with van der Waals surface area (Å²) in [6, 6.07) is 0. The average molecular weight is 523 g/mol. The van der Waals surface area contributed by atoms with Gasteiger partial charge in [-0.15, -0.1) is 0 Å². The van der Waals surface area contributed by atoms with Crippen molar-refractivity contribution in [2.45, 2.75) is 0 Å². The summed E-state index contributed by atoms with van der Waals surface area (Å²) in [5.41, 5.74) is 0. The molecule has 0 spiro atoms. The van der Waals surface area contributed by atoms with Crippen molar-refractivity contribution in [3.05, 3.63) is 0 Å². The largest absolute Gasteiger partial charge is 2.00 e. The second kappa shape index (κ2) is 71.9. The van der Waals surface area contributed by atoms with Gasteiger partial charge in [-0.1, -0.05) is 0 Å². The first kappa shape index (κ1) is 80.7. The van der Waals surface area contributed by atoms with Crippen molar-refractivity contribution in [2.24, 2.45) is 0 Å². The maximum absolute atomic E-state index is 8.74. The first-order chi connectivity index (χ1) is 5.20. The van der Waals surface area contributed by atoms with Crippen LogP contribution in [0.4, 0.5) is 0 Å². The van der Waals surface area contributed by atoms with Crippen LogP contribution in [0.5, 0.6) is 0 Å². The Kier molecular flexibility index (Phi) is 276. The number of hydrogen-bond acceptors (Lipinski definition) is 3. The van der Waals surface area contributed by atoms with Gasteiger partial charge < -0.3 is 45.2 Å². The second-order valence-corrected chi connectivity index (χ2v) is 2.54. The van der Waals surface area contributed by atoms with Crippen LogP contribution in [-0.4, -0.2) is 283 Å². The summed E-state index contributed by atoms with van der Waals surface area (Å²) in [5.74, 6) is 0. The maximum atomic E-state index is 8.74. The smallest absolute Gasteiger partial charge is 2.00 e. The van der Waals surface area contributed by atoms with E-state index in [4.69, 9.17) is 42.2 Å². The van der Waals surface area contributed by atoms with Crippen molar-refractivity contribution in [3.63, 3.8) is 0 Å². The van der Waals surface area contributed by atoms with Crippen molar-refractivity contribution in [1.82, 2.24) is 0 Å². The molecule has 0 saturated heterocycles. The van der Waals surface area contributed by atoms with Crippen molar-refractivity contribution in [2.75, 3.05) is 0 Å². The molecule has 0 aromatic heterocycles. The summed E-state index contributed by atoms with van der Waals surface area (Å²) < 4.78 is 26.2. The van der Waals surface area contributed by atoms with E-state index in [1.165, 1.54) is 0 Å². The molecule has 6 N–H and O–H groups in total. The standard InChI is InChI=1S/6Ca.3H2O3Si.3O/c;;;;;;3*1-4(2)3;;;/h;;;;;;3*1-2H;;;/q6*+2;;;;3*-2. The molecule has 12 nitrogen and oxygen atoms in total. The summed E-state index contributed by atoms with van der Waals surface area (Å²) in [7, 11) is -9.39. The molecule has 0 unspecified atom stereocenters. The van der Waals surface area contributed by atoms with Gasteiger partial charge in [0.2, 0.25) is 0 Å². The summed E-state index contributed by atoms with van der Waals surface area (Å²) in [6.07, 6.45) is 0. The Bertz CT molecular complexity index is 127. The van der Waals surface area contributed by atoms with E-state index in [1.807, 2.05) is 0 Å². The van der Waals surface area contributed by atoms with E-state index in [1.54, 1.807) is 0 Å². The van der Waals surface area contributed by atoms with Crippen molar-refractivity contribution in [1.29, 1.82) is 0 Å². The summed E-state index contributed by atoms with van der Waals surface area (Å²) in [5, 5.41) is 0. The van der Waals surface area contributed by atoms with Gasteiger partial charge in [0.1, 0.15) is 0 Å². The zero-order chi connectivity index (χ0) is 10.7. The number of rotatable bonds is 0. The molecule has 0 aliphatic heterocycles. The molecule has 0 heterocycles. The van der Waals surface area contributed by atoms with Gasteiger partial charge in [-0.05, 0) is 0 Å². The van der Waals surface area contributed by atoms with Crippen LogP contribution in [-0.2, 0) is 29.8 Å². The summed E-state index contributed by atoms with van der Waals surface area (Å²) in [6.45, 7) is 0. The van der Waals surface area contributed by atoms with E-state index in [-0.39, 0.29) is 243 Å². The predicted molar refractivity (Wildman–Crippen MR) is 69.2 cm³/mol. The molecule has 0 aromatic carbocycles. The van der Waals surface area contributed by atoms with Gasteiger partial charge in [0.15, 0.2) is 0 Å². The molecular formula is H6Ca6O12Si3+6. The van der Waals surface area contributed by atoms with Crippen LogP contribution in [0.25, 0.3) is 0 Å². The second-order valence-electron chi connectivity index (χ2n) is 0.848. The van der Waals surface area contributed by atoms with Crippen LogP contribution < -0.4 is 0 Å². The summed E-state index contributed by atoms with van der Waals surface area (Å²) in [4.78, 5) is 42.9. The third kappa shape index (κ3) is 392. The molecule has 0 aliphatic carbocycles. The van der Waals surface area contributed by atoms with Gasteiger partial charge in [0.05, 0.1) is 0 Å². The van der Waals surface area contributed by atoms with Gasteiger partial charge in [0, 0.05) is 0 Å². The molecule has 0 radical (unpaired) electrons. The Labute approximate surface area is 304 Å². The Morgan fingerprint density at radius 3 is 0.381 bits per heavy atom. The van der Waals surface area contributed by atoms with Crippen LogP contribution in [0.3, 0.4) is 0 Å². The third-order valence-electron chi connectivity index (χ3n) is 0. The fraction of sp³-hybridized carbons (Fsp3) is 0. The Morgan fingerprint density at radius 2 is 0.381 bits per heavy atom. The van der Waals surface area contributed by atoms with E-state index < -0.39 is 27.5 Å². The first-order valence-corrected chi connectivity index (χ1v) is 5.86. The zero-order valence-corrected chi connectivity index (χ0v) is 27.1. The van der Waals surface area contributed by atoms with Crippen molar-refractivity contribution >= 4 is 254 Å². The molecule has 0 fully saturated rings. The van der Waals surface area contributed by atoms with Gasteiger partial charge >= 0.3 is 254 Å². The Balaban J connectivity index is -0.00000000476. The van der Waals surface area contributed by atoms with Crippen LogP contribution in [0.1, 0.15) is 0 Å².